The lowest BCUT2D eigenvalue weighted by Gasteiger charge is -2.66. The normalized spacial score (nSPS) is 24.9. The van der Waals surface area contributed by atoms with Crippen LogP contribution in [0.2, 0.25) is 13.1 Å². The second-order valence-electron chi connectivity index (χ2n) is 11.6. The Morgan fingerprint density at radius 1 is 0.971 bits per heavy atom. The lowest BCUT2D eigenvalue weighted by molar-refractivity contribution is 0.433. The Kier molecular flexibility index (Phi) is 4.10. The van der Waals surface area contributed by atoms with Gasteiger partial charge in [0.2, 0.25) is 0 Å². The van der Waals surface area contributed by atoms with Crippen LogP contribution < -0.4 is 0 Å². The van der Waals surface area contributed by atoms with Crippen LogP contribution in [0.1, 0.15) is 47.1 Å². The highest BCUT2D eigenvalue weighted by atomic mass is 28.3. The number of aryl methyl sites for hydroxylation is 2. The minimum Gasteiger partial charge on any atom is -0.343 e. The van der Waals surface area contributed by atoms with Crippen LogP contribution in [0.4, 0.5) is 0 Å². The summed E-state index contributed by atoms with van der Waals surface area (Å²) in [6.45, 7) is 11.6. The molecule has 2 spiro atoms. The van der Waals surface area contributed by atoms with E-state index in [4.69, 9.17) is 0 Å². The van der Waals surface area contributed by atoms with E-state index in [0.717, 1.165) is 12.8 Å². The fraction of sp³-hybridized carbons (Fsp3) is 0.273. The lowest BCUT2D eigenvalue weighted by atomic mass is 9.79. The van der Waals surface area contributed by atoms with E-state index in [2.05, 4.69) is 117 Å². The van der Waals surface area contributed by atoms with Crippen molar-refractivity contribution in [2.24, 2.45) is 7.05 Å². The highest BCUT2D eigenvalue weighted by Crippen LogP contribution is 2.73. The summed E-state index contributed by atoms with van der Waals surface area (Å²) in [6, 6.07) is 25.6. The maximum atomic E-state index is 4.00. The second-order valence-corrected chi connectivity index (χ2v) is 16.6. The van der Waals surface area contributed by atoms with Gasteiger partial charge < -0.3 is 4.57 Å². The van der Waals surface area contributed by atoms with E-state index in [-0.39, 0.29) is 10.1 Å². The van der Waals surface area contributed by atoms with Gasteiger partial charge in [0.15, 0.2) is 0 Å². The number of aromatic nitrogens is 1. The molecule has 0 saturated carbocycles. The molecule has 174 valence electrons. The van der Waals surface area contributed by atoms with Gasteiger partial charge in [-0.1, -0.05) is 85.4 Å². The van der Waals surface area contributed by atoms with Crippen LogP contribution in [0.25, 0.3) is 27.7 Å². The standard InChI is InChI=1S/C33H33NSi/c1-6-7-12-23-20-32(27-15-10-8-13-24(23)27)21-33(35(32,4)5)28-16-11-9-14-25(28)31-30(33)26-19-22(2)17-18-29(26)34(31)3/h6,8-11,13-20H,1,7,12,21H2,2-5H3. The minimum absolute atomic E-state index is 0.129. The van der Waals surface area contributed by atoms with E-state index in [0.29, 0.717) is 0 Å². The molecule has 2 heteroatoms. The van der Waals surface area contributed by atoms with E-state index < -0.39 is 8.07 Å². The summed E-state index contributed by atoms with van der Waals surface area (Å²) < 4.78 is 2.47. The van der Waals surface area contributed by atoms with Crippen molar-refractivity contribution in [1.82, 2.24) is 4.57 Å². The molecule has 0 amide bonds. The van der Waals surface area contributed by atoms with E-state index in [9.17, 15) is 0 Å². The Morgan fingerprint density at radius 3 is 2.43 bits per heavy atom. The average Bonchev–Trinajstić information content (AvgIpc) is 3.46. The molecule has 1 fully saturated rings. The van der Waals surface area contributed by atoms with Gasteiger partial charge in [-0.25, -0.2) is 0 Å². The smallest absolute Gasteiger partial charge is 0.0801 e. The molecular weight excluding hydrogens is 438 g/mol. The summed E-state index contributed by atoms with van der Waals surface area (Å²) >= 11 is 0. The summed E-state index contributed by atoms with van der Waals surface area (Å²) in [6.07, 6.45) is 8.10. The molecule has 4 aromatic rings. The molecule has 0 N–H and O–H groups in total. The van der Waals surface area contributed by atoms with Gasteiger partial charge in [-0.3, -0.25) is 0 Å². The molecule has 1 nitrogen and oxygen atoms in total. The number of rotatable bonds is 3. The van der Waals surface area contributed by atoms with Crippen molar-refractivity contribution in [3.05, 3.63) is 113 Å². The first kappa shape index (κ1) is 21.2. The van der Waals surface area contributed by atoms with Crippen LogP contribution in [0, 0.1) is 6.92 Å². The number of hydrogen-bond acceptors (Lipinski definition) is 0. The van der Waals surface area contributed by atoms with Gasteiger partial charge in [0.1, 0.15) is 0 Å². The molecular formula is C33H33NSi. The van der Waals surface area contributed by atoms with Crippen LogP contribution in [0.5, 0.6) is 0 Å². The third kappa shape index (κ3) is 2.26. The fourth-order valence-corrected chi connectivity index (χ4v) is 13.3. The van der Waals surface area contributed by atoms with Crippen molar-refractivity contribution in [3.8, 4) is 11.3 Å². The van der Waals surface area contributed by atoms with E-state index >= 15 is 0 Å². The van der Waals surface area contributed by atoms with Gasteiger partial charge in [0.25, 0.3) is 0 Å². The van der Waals surface area contributed by atoms with Crippen molar-refractivity contribution in [3.63, 3.8) is 0 Å². The van der Waals surface area contributed by atoms with Gasteiger partial charge in [0, 0.05) is 33.6 Å². The molecule has 2 atom stereocenters. The molecule has 2 aliphatic carbocycles. The molecule has 7 rings (SSSR count). The third-order valence-corrected chi connectivity index (χ3v) is 15.6. The Balaban J connectivity index is 1.53. The number of hydrogen-bond donors (Lipinski definition) is 0. The fourth-order valence-electron chi connectivity index (χ4n) is 8.20. The van der Waals surface area contributed by atoms with Gasteiger partial charge in [-0.15, -0.1) is 6.58 Å². The zero-order valence-electron chi connectivity index (χ0n) is 21.3. The van der Waals surface area contributed by atoms with E-state index in [1.165, 1.54) is 45.3 Å². The molecule has 2 heterocycles. The molecule has 35 heavy (non-hydrogen) atoms. The van der Waals surface area contributed by atoms with Crippen LogP contribution in [-0.4, -0.2) is 12.6 Å². The average molecular weight is 472 g/mol. The lowest BCUT2D eigenvalue weighted by Crippen LogP contribution is -2.75. The topological polar surface area (TPSA) is 4.93 Å². The highest BCUT2D eigenvalue weighted by Gasteiger charge is 2.74. The molecule has 2 unspecified atom stereocenters. The molecule has 0 bridgehead atoms. The summed E-state index contributed by atoms with van der Waals surface area (Å²) in [5, 5.41) is 1.78. The largest absolute Gasteiger partial charge is 0.343 e. The Labute approximate surface area is 209 Å². The van der Waals surface area contributed by atoms with Crippen molar-refractivity contribution in [1.29, 1.82) is 0 Å². The maximum absolute atomic E-state index is 4.00. The Hall–Kier alpha value is -3.10. The van der Waals surface area contributed by atoms with Gasteiger partial charge in [-0.2, -0.15) is 0 Å². The predicted octanol–water partition coefficient (Wildman–Crippen LogP) is 8.24. The first-order valence-electron chi connectivity index (χ1n) is 13.0. The molecule has 1 aliphatic heterocycles. The van der Waals surface area contributed by atoms with Crippen molar-refractivity contribution in [2.45, 2.75) is 49.4 Å². The number of nitrogens with zero attached hydrogens (tertiary/aromatic N) is 1. The van der Waals surface area contributed by atoms with E-state index in [1.54, 1.807) is 16.7 Å². The Morgan fingerprint density at radius 2 is 1.69 bits per heavy atom. The van der Waals surface area contributed by atoms with Gasteiger partial charge in [0.05, 0.1) is 13.8 Å². The molecule has 3 aliphatic rings. The number of benzene rings is 3. The predicted molar refractivity (Wildman–Crippen MR) is 151 cm³/mol. The summed E-state index contributed by atoms with van der Waals surface area (Å²) in [5.74, 6) is 0. The molecule has 1 aromatic heterocycles. The molecule has 1 saturated heterocycles. The summed E-state index contributed by atoms with van der Waals surface area (Å²) in [4.78, 5) is 0. The first-order chi connectivity index (χ1) is 16.9. The van der Waals surface area contributed by atoms with Crippen LogP contribution >= 0.6 is 0 Å². The second kappa shape index (κ2) is 6.76. The van der Waals surface area contributed by atoms with Crippen molar-refractivity contribution >= 4 is 24.5 Å². The van der Waals surface area contributed by atoms with E-state index in [1.807, 2.05) is 0 Å². The van der Waals surface area contributed by atoms with Gasteiger partial charge >= 0.3 is 0 Å². The van der Waals surface area contributed by atoms with Crippen LogP contribution in [0.15, 0.2) is 85.5 Å². The zero-order valence-corrected chi connectivity index (χ0v) is 22.3. The highest BCUT2D eigenvalue weighted by molar-refractivity contribution is 6.88. The van der Waals surface area contributed by atoms with Crippen molar-refractivity contribution in [2.75, 3.05) is 0 Å². The Bertz CT molecular complexity index is 1600. The van der Waals surface area contributed by atoms with Crippen molar-refractivity contribution < 1.29 is 0 Å². The SMILES string of the molecule is C=CCCC1=CC2(CC3(c4ccccc4-c4c3c3cc(C)ccc3n4C)[Si]2(C)C)c2ccccc21. The summed E-state index contributed by atoms with van der Waals surface area (Å²) in [7, 11) is 0.315. The number of fused-ring (bicyclic) bond motifs is 9. The number of allylic oxidation sites excluding steroid dienone is 3. The molecule has 3 aromatic carbocycles. The third-order valence-electron chi connectivity index (χ3n) is 9.94. The van der Waals surface area contributed by atoms with Crippen LogP contribution in [-0.2, 0) is 17.1 Å². The monoisotopic (exact) mass is 471 g/mol. The zero-order chi connectivity index (χ0) is 24.2. The quantitative estimate of drug-likeness (QED) is 0.209. The maximum Gasteiger partial charge on any atom is 0.0801 e. The first-order valence-corrected chi connectivity index (χ1v) is 16.0. The minimum atomic E-state index is -1.96. The van der Waals surface area contributed by atoms with Gasteiger partial charge in [-0.05, 0) is 66.1 Å². The summed E-state index contributed by atoms with van der Waals surface area (Å²) in [5.41, 5.74) is 13.4. The van der Waals surface area contributed by atoms with Crippen LogP contribution in [0.3, 0.4) is 0 Å². The molecule has 0 radical (unpaired) electrons.